The average molecular weight is 399 g/mol. The molecule has 0 fully saturated rings. The number of nitrogens with zero attached hydrogens (tertiary/aromatic N) is 2. The molecule has 158 valence electrons. The van der Waals surface area contributed by atoms with E-state index in [0.29, 0.717) is 19.7 Å². The van der Waals surface area contributed by atoms with Crippen molar-refractivity contribution in [1.29, 1.82) is 0 Å². The van der Waals surface area contributed by atoms with Crippen molar-refractivity contribution in [2.75, 3.05) is 40.8 Å². The lowest BCUT2D eigenvalue weighted by molar-refractivity contribution is 0.223. The second-order valence-corrected chi connectivity index (χ2v) is 7.35. The van der Waals surface area contributed by atoms with Gasteiger partial charge in [-0.1, -0.05) is 24.3 Å². The number of rotatable bonds is 10. The maximum absolute atomic E-state index is 5.96. The SMILES string of the molecule is CN=C(NCc1cccc(OCCN(C)C)c1)NCC(C)Oc1cccc(C)c1. The van der Waals surface area contributed by atoms with Gasteiger partial charge in [0.1, 0.15) is 24.2 Å². The molecule has 2 aromatic carbocycles. The van der Waals surface area contributed by atoms with E-state index >= 15 is 0 Å². The van der Waals surface area contributed by atoms with Gasteiger partial charge in [0.05, 0.1) is 6.54 Å². The summed E-state index contributed by atoms with van der Waals surface area (Å²) in [6.07, 6.45) is 0.0174. The van der Waals surface area contributed by atoms with E-state index < -0.39 is 0 Å². The van der Waals surface area contributed by atoms with Gasteiger partial charge in [-0.3, -0.25) is 4.99 Å². The second-order valence-electron chi connectivity index (χ2n) is 7.35. The van der Waals surface area contributed by atoms with Crippen LogP contribution >= 0.6 is 0 Å². The van der Waals surface area contributed by atoms with Gasteiger partial charge in [-0.15, -0.1) is 0 Å². The third-order valence-electron chi connectivity index (χ3n) is 4.27. The number of aliphatic imine (C=N–C) groups is 1. The molecule has 0 radical (unpaired) electrons. The Bertz CT molecular complexity index is 777. The molecule has 0 saturated carbocycles. The van der Waals surface area contributed by atoms with Crippen LogP contribution in [0.2, 0.25) is 0 Å². The molecule has 0 aromatic heterocycles. The minimum atomic E-state index is 0.0174. The number of ether oxygens (including phenoxy) is 2. The third-order valence-corrected chi connectivity index (χ3v) is 4.27. The molecule has 0 amide bonds. The van der Waals surface area contributed by atoms with E-state index in [9.17, 15) is 0 Å². The van der Waals surface area contributed by atoms with Crippen LogP contribution in [0.5, 0.6) is 11.5 Å². The molecule has 0 aliphatic heterocycles. The van der Waals surface area contributed by atoms with Gasteiger partial charge in [-0.05, 0) is 63.3 Å². The monoisotopic (exact) mass is 398 g/mol. The quantitative estimate of drug-likeness (QED) is 0.476. The Balaban J connectivity index is 1.77. The molecule has 2 aromatic rings. The fraction of sp³-hybridized carbons (Fsp3) is 0.435. The van der Waals surface area contributed by atoms with Gasteiger partial charge < -0.3 is 25.0 Å². The number of nitrogens with one attached hydrogen (secondary N) is 2. The van der Waals surface area contributed by atoms with Crippen molar-refractivity contribution in [3.05, 3.63) is 59.7 Å². The number of aryl methyl sites for hydroxylation is 1. The molecule has 0 heterocycles. The van der Waals surface area contributed by atoms with Crippen molar-refractivity contribution in [2.24, 2.45) is 4.99 Å². The zero-order chi connectivity index (χ0) is 21.1. The van der Waals surface area contributed by atoms with Crippen LogP contribution in [0.15, 0.2) is 53.5 Å². The van der Waals surface area contributed by atoms with Crippen LogP contribution in [0.25, 0.3) is 0 Å². The van der Waals surface area contributed by atoms with Gasteiger partial charge in [0.25, 0.3) is 0 Å². The first-order chi connectivity index (χ1) is 14.0. The average Bonchev–Trinajstić information content (AvgIpc) is 2.68. The van der Waals surface area contributed by atoms with Crippen molar-refractivity contribution in [1.82, 2.24) is 15.5 Å². The number of likely N-dealkylation sites (N-methyl/N-ethyl adjacent to an activating group) is 1. The molecule has 0 spiro atoms. The molecule has 6 nitrogen and oxygen atoms in total. The molecule has 1 unspecified atom stereocenters. The maximum Gasteiger partial charge on any atom is 0.191 e. The largest absolute Gasteiger partial charge is 0.492 e. The smallest absolute Gasteiger partial charge is 0.191 e. The zero-order valence-corrected chi connectivity index (χ0v) is 18.2. The highest BCUT2D eigenvalue weighted by atomic mass is 16.5. The van der Waals surface area contributed by atoms with E-state index in [1.165, 1.54) is 5.56 Å². The predicted octanol–water partition coefficient (Wildman–Crippen LogP) is 3.07. The normalized spacial score (nSPS) is 12.6. The van der Waals surface area contributed by atoms with E-state index in [1.54, 1.807) is 7.05 Å². The van der Waals surface area contributed by atoms with Crippen LogP contribution in [0, 0.1) is 6.92 Å². The highest BCUT2D eigenvalue weighted by Crippen LogP contribution is 2.14. The van der Waals surface area contributed by atoms with Crippen LogP contribution in [0.4, 0.5) is 0 Å². The summed E-state index contributed by atoms with van der Waals surface area (Å²) >= 11 is 0. The standard InChI is InChI=1S/C23H34N4O2/c1-18-8-6-11-22(14-18)29-19(2)16-25-23(24-3)26-17-20-9-7-10-21(15-20)28-13-12-27(4)5/h6-11,14-15,19H,12-13,16-17H2,1-5H3,(H2,24,25,26). The molecule has 0 aliphatic carbocycles. The molecule has 2 rings (SSSR count). The summed E-state index contributed by atoms with van der Waals surface area (Å²) in [6, 6.07) is 16.2. The van der Waals surface area contributed by atoms with Gasteiger partial charge in [-0.2, -0.15) is 0 Å². The van der Waals surface area contributed by atoms with Crippen LogP contribution in [0.1, 0.15) is 18.1 Å². The van der Waals surface area contributed by atoms with Crippen molar-refractivity contribution in [3.63, 3.8) is 0 Å². The van der Waals surface area contributed by atoms with Crippen LogP contribution in [0.3, 0.4) is 0 Å². The van der Waals surface area contributed by atoms with Gasteiger partial charge in [-0.25, -0.2) is 0 Å². The lowest BCUT2D eigenvalue weighted by atomic mass is 10.2. The van der Waals surface area contributed by atoms with Crippen molar-refractivity contribution < 1.29 is 9.47 Å². The Labute approximate surface area is 174 Å². The third kappa shape index (κ3) is 8.87. The molecule has 0 aliphatic rings. The summed E-state index contributed by atoms with van der Waals surface area (Å²) < 4.78 is 11.8. The van der Waals surface area contributed by atoms with Crippen molar-refractivity contribution in [3.8, 4) is 11.5 Å². The minimum Gasteiger partial charge on any atom is -0.492 e. The van der Waals surface area contributed by atoms with Crippen LogP contribution < -0.4 is 20.1 Å². The molecule has 6 heteroatoms. The Morgan fingerprint density at radius 3 is 2.55 bits per heavy atom. The van der Waals surface area contributed by atoms with E-state index in [2.05, 4.69) is 45.6 Å². The summed E-state index contributed by atoms with van der Waals surface area (Å²) in [5, 5.41) is 6.65. The number of benzene rings is 2. The van der Waals surface area contributed by atoms with Crippen molar-refractivity contribution in [2.45, 2.75) is 26.5 Å². The first-order valence-electron chi connectivity index (χ1n) is 10.0. The molecular formula is C23H34N4O2. The molecule has 2 N–H and O–H groups in total. The zero-order valence-electron chi connectivity index (χ0n) is 18.2. The van der Waals surface area contributed by atoms with Gasteiger partial charge >= 0.3 is 0 Å². The summed E-state index contributed by atoms with van der Waals surface area (Å²) in [5.41, 5.74) is 2.33. The number of guanidine groups is 1. The summed E-state index contributed by atoms with van der Waals surface area (Å²) in [6.45, 7) is 6.98. The van der Waals surface area contributed by atoms with E-state index in [4.69, 9.17) is 9.47 Å². The summed E-state index contributed by atoms with van der Waals surface area (Å²) in [4.78, 5) is 6.39. The highest BCUT2D eigenvalue weighted by molar-refractivity contribution is 5.79. The Morgan fingerprint density at radius 2 is 1.83 bits per heavy atom. The van der Waals surface area contributed by atoms with Gasteiger partial charge in [0.2, 0.25) is 0 Å². The van der Waals surface area contributed by atoms with Gasteiger partial charge in [0.15, 0.2) is 5.96 Å². The van der Waals surface area contributed by atoms with E-state index in [0.717, 1.165) is 29.6 Å². The predicted molar refractivity (Wildman–Crippen MR) is 120 cm³/mol. The molecule has 0 bridgehead atoms. The minimum absolute atomic E-state index is 0.0174. The Morgan fingerprint density at radius 1 is 1.07 bits per heavy atom. The topological polar surface area (TPSA) is 58.1 Å². The van der Waals surface area contributed by atoms with E-state index in [1.807, 2.05) is 51.4 Å². The fourth-order valence-corrected chi connectivity index (χ4v) is 2.70. The molecule has 1 atom stereocenters. The van der Waals surface area contributed by atoms with E-state index in [-0.39, 0.29) is 6.10 Å². The van der Waals surface area contributed by atoms with Crippen LogP contribution in [-0.2, 0) is 6.54 Å². The maximum atomic E-state index is 5.96. The highest BCUT2D eigenvalue weighted by Gasteiger charge is 2.06. The number of hydrogen-bond donors (Lipinski definition) is 2. The van der Waals surface area contributed by atoms with Crippen LogP contribution in [-0.4, -0.2) is 57.8 Å². The lowest BCUT2D eigenvalue weighted by Gasteiger charge is -2.18. The first-order valence-corrected chi connectivity index (χ1v) is 10.0. The summed E-state index contributed by atoms with van der Waals surface area (Å²) in [5.74, 6) is 2.51. The molecule has 29 heavy (non-hydrogen) atoms. The number of hydrogen-bond acceptors (Lipinski definition) is 4. The summed E-state index contributed by atoms with van der Waals surface area (Å²) in [7, 11) is 5.84. The fourth-order valence-electron chi connectivity index (χ4n) is 2.70. The first kappa shape index (κ1) is 22.6. The van der Waals surface area contributed by atoms with Gasteiger partial charge in [0, 0.05) is 20.1 Å². The lowest BCUT2D eigenvalue weighted by Crippen LogP contribution is -2.41. The molecule has 0 saturated heterocycles. The van der Waals surface area contributed by atoms with Crippen molar-refractivity contribution >= 4 is 5.96 Å². The second kappa shape index (κ2) is 12.0. The Kier molecular flexibility index (Phi) is 9.31. The Hall–Kier alpha value is -2.73. The molecular weight excluding hydrogens is 364 g/mol.